The Morgan fingerprint density at radius 1 is 1.02 bits per heavy atom. The lowest BCUT2D eigenvalue weighted by molar-refractivity contribution is -0.144. The predicted molar refractivity (Wildman–Crippen MR) is 175 cm³/mol. The van der Waals surface area contributed by atoms with E-state index in [-0.39, 0.29) is 12.5 Å². The number of thioether (sulfide) groups is 1. The summed E-state index contributed by atoms with van der Waals surface area (Å²) in [6, 6.07) is 11.6. The highest BCUT2D eigenvalue weighted by atomic mass is 32.2. The van der Waals surface area contributed by atoms with Gasteiger partial charge in [0.25, 0.3) is 0 Å². The summed E-state index contributed by atoms with van der Waals surface area (Å²) in [5.41, 5.74) is 1.50. The van der Waals surface area contributed by atoms with Crippen molar-refractivity contribution in [1.29, 1.82) is 0 Å². The predicted octanol–water partition coefficient (Wildman–Crippen LogP) is 7.62. The van der Waals surface area contributed by atoms with Crippen LogP contribution in [0.3, 0.4) is 0 Å². The molecule has 46 heavy (non-hydrogen) atoms. The van der Waals surface area contributed by atoms with Crippen LogP contribution in [0.15, 0.2) is 54.9 Å². The molecule has 0 unspecified atom stereocenters. The van der Waals surface area contributed by atoms with Crippen molar-refractivity contribution in [2.45, 2.75) is 58.3 Å². The Balaban J connectivity index is 1.56. The van der Waals surface area contributed by atoms with Gasteiger partial charge >= 0.3 is 12.1 Å². The first-order chi connectivity index (χ1) is 22.2. The minimum atomic E-state index is -4.49. The van der Waals surface area contributed by atoms with Gasteiger partial charge in [-0.1, -0.05) is 12.1 Å². The molecule has 250 valence electrons. The van der Waals surface area contributed by atoms with Gasteiger partial charge in [-0.2, -0.15) is 24.9 Å². The van der Waals surface area contributed by atoms with Gasteiger partial charge in [-0.25, -0.2) is 9.97 Å². The number of carbonyl (C=O) groups excluding carboxylic acids is 1. The van der Waals surface area contributed by atoms with Crippen LogP contribution in [0.2, 0.25) is 0 Å². The molecule has 1 heterocycles. The van der Waals surface area contributed by atoms with Gasteiger partial charge in [0.1, 0.15) is 5.75 Å². The zero-order valence-corrected chi connectivity index (χ0v) is 27.5. The molecule has 0 amide bonds. The van der Waals surface area contributed by atoms with E-state index in [2.05, 4.69) is 20.2 Å². The zero-order chi connectivity index (χ0) is 32.9. The molecule has 0 aliphatic heterocycles. The highest BCUT2D eigenvalue weighted by Gasteiger charge is 2.32. The van der Waals surface area contributed by atoms with Gasteiger partial charge in [0.15, 0.2) is 5.75 Å². The molecule has 1 aliphatic carbocycles. The molecule has 0 radical (unpaired) electrons. The minimum absolute atomic E-state index is 0.0946. The van der Waals surface area contributed by atoms with Gasteiger partial charge in [0.05, 0.1) is 38.3 Å². The smallest absolute Gasteiger partial charge is 0.416 e. The third-order valence-electron chi connectivity index (χ3n) is 8.11. The number of nitrogens with one attached hydrogen (secondary N) is 1. The first kappa shape index (κ1) is 35.2. The maximum Gasteiger partial charge on any atom is 0.416 e. The van der Waals surface area contributed by atoms with Crippen LogP contribution in [-0.4, -0.2) is 54.8 Å². The molecule has 4 rings (SSSR count). The van der Waals surface area contributed by atoms with Crippen LogP contribution in [0.4, 0.5) is 24.8 Å². The van der Waals surface area contributed by atoms with E-state index in [0.29, 0.717) is 67.5 Å². The van der Waals surface area contributed by atoms with Crippen LogP contribution < -0.4 is 19.7 Å². The Morgan fingerprint density at radius 3 is 2.35 bits per heavy atom. The Hall–Kier alpha value is -3.67. The van der Waals surface area contributed by atoms with E-state index in [9.17, 15) is 18.0 Å². The van der Waals surface area contributed by atoms with Crippen molar-refractivity contribution in [3.8, 4) is 11.5 Å². The standard InChI is InChI=1S/C34H43F3N4O4S/c1-4-44-32(42)17-24-5-7-25(8-6-24)22-41(23-26-9-12-29(43-2)13-10-26)31-14-11-28(34(35,36)37)18-27(31)19-38-33-39-20-30(21-40-33)45-15-16-46-3/h9-14,18,20-21,24-25H,4-8,15-17,19,22-23H2,1-3H3,(H,38,39,40). The number of rotatable bonds is 16. The quantitative estimate of drug-likeness (QED) is 0.123. The van der Waals surface area contributed by atoms with Crippen LogP contribution in [0.25, 0.3) is 0 Å². The van der Waals surface area contributed by atoms with Gasteiger partial charge < -0.3 is 24.4 Å². The summed E-state index contributed by atoms with van der Waals surface area (Å²) >= 11 is 1.67. The van der Waals surface area contributed by atoms with Crippen molar-refractivity contribution in [2.75, 3.05) is 49.1 Å². The molecule has 1 aliphatic rings. The van der Waals surface area contributed by atoms with E-state index in [1.807, 2.05) is 37.4 Å². The Kier molecular flexibility index (Phi) is 13.2. The molecule has 3 aromatic rings. The number of anilines is 2. The van der Waals surface area contributed by atoms with Gasteiger partial charge in [0, 0.05) is 37.5 Å². The third kappa shape index (κ3) is 10.7. The lowest BCUT2D eigenvalue weighted by atomic mass is 9.80. The van der Waals surface area contributed by atoms with E-state index >= 15 is 0 Å². The Morgan fingerprint density at radius 2 is 1.72 bits per heavy atom. The summed E-state index contributed by atoms with van der Waals surface area (Å²) in [7, 11) is 1.61. The number of halogens is 3. The maximum atomic E-state index is 13.9. The second kappa shape index (κ2) is 17.3. The number of alkyl halides is 3. The molecular weight excluding hydrogens is 617 g/mol. The first-order valence-corrected chi connectivity index (χ1v) is 17.0. The molecule has 1 aromatic heterocycles. The van der Waals surface area contributed by atoms with Crippen LogP contribution in [0.1, 0.15) is 55.7 Å². The normalized spacial score (nSPS) is 16.5. The third-order valence-corrected chi connectivity index (χ3v) is 8.68. The molecule has 2 aromatic carbocycles. The van der Waals surface area contributed by atoms with Gasteiger partial charge in [-0.05, 0) is 92.2 Å². The number of esters is 1. The van der Waals surface area contributed by atoms with Crippen LogP contribution in [-0.2, 0) is 28.8 Å². The monoisotopic (exact) mass is 660 g/mol. The van der Waals surface area contributed by atoms with E-state index in [0.717, 1.165) is 48.8 Å². The molecule has 12 heteroatoms. The number of hydrogen-bond acceptors (Lipinski definition) is 9. The van der Waals surface area contributed by atoms with Gasteiger partial charge in [-0.3, -0.25) is 4.79 Å². The number of benzene rings is 2. The van der Waals surface area contributed by atoms with Crippen molar-refractivity contribution < 1.29 is 32.2 Å². The largest absolute Gasteiger partial charge is 0.497 e. The lowest BCUT2D eigenvalue weighted by Gasteiger charge is -2.35. The number of aromatic nitrogens is 2. The van der Waals surface area contributed by atoms with Crippen molar-refractivity contribution >= 4 is 29.4 Å². The van der Waals surface area contributed by atoms with Crippen LogP contribution >= 0.6 is 11.8 Å². The maximum absolute atomic E-state index is 13.9. The second-order valence-electron chi connectivity index (χ2n) is 11.4. The summed E-state index contributed by atoms with van der Waals surface area (Å²) in [6.45, 7) is 3.98. The average molecular weight is 661 g/mol. The van der Waals surface area contributed by atoms with Crippen molar-refractivity contribution in [2.24, 2.45) is 11.8 Å². The van der Waals surface area contributed by atoms with E-state index < -0.39 is 11.7 Å². The lowest BCUT2D eigenvalue weighted by Crippen LogP contribution is -2.32. The zero-order valence-electron chi connectivity index (χ0n) is 26.6. The Bertz CT molecular complexity index is 1370. The number of ether oxygens (including phenoxy) is 3. The molecule has 0 bridgehead atoms. The van der Waals surface area contributed by atoms with Crippen LogP contribution in [0, 0.1) is 11.8 Å². The SMILES string of the molecule is CCOC(=O)CC1CCC(CN(Cc2ccc(OC)cc2)c2ccc(C(F)(F)F)cc2CNc2ncc(OCCSC)cn2)CC1. The number of hydrogen-bond donors (Lipinski definition) is 1. The molecule has 0 saturated heterocycles. The number of methoxy groups -OCH3 is 1. The summed E-state index contributed by atoms with van der Waals surface area (Å²) in [4.78, 5) is 22.8. The molecule has 1 N–H and O–H groups in total. The summed E-state index contributed by atoms with van der Waals surface area (Å²) in [6.07, 6.45) is 4.72. The fourth-order valence-corrected chi connectivity index (χ4v) is 5.95. The number of carbonyl (C=O) groups is 1. The molecule has 8 nitrogen and oxygen atoms in total. The second-order valence-corrected chi connectivity index (χ2v) is 12.4. The van der Waals surface area contributed by atoms with E-state index in [4.69, 9.17) is 14.2 Å². The fourth-order valence-electron chi connectivity index (χ4n) is 5.70. The van der Waals surface area contributed by atoms with Crippen molar-refractivity contribution in [3.05, 3.63) is 71.5 Å². The molecule has 1 fully saturated rings. The summed E-state index contributed by atoms with van der Waals surface area (Å²) < 4.78 is 57.7. The van der Waals surface area contributed by atoms with Gasteiger partial charge in [-0.15, -0.1) is 0 Å². The highest BCUT2D eigenvalue weighted by Crippen LogP contribution is 2.36. The fraction of sp³-hybridized carbons (Fsp3) is 0.500. The van der Waals surface area contributed by atoms with Crippen molar-refractivity contribution in [3.63, 3.8) is 0 Å². The van der Waals surface area contributed by atoms with Crippen molar-refractivity contribution in [1.82, 2.24) is 9.97 Å². The Labute approximate surface area is 273 Å². The molecule has 1 saturated carbocycles. The summed E-state index contributed by atoms with van der Waals surface area (Å²) in [5.74, 6) is 2.84. The van der Waals surface area contributed by atoms with Crippen LogP contribution in [0.5, 0.6) is 11.5 Å². The first-order valence-electron chi connectivity index (χ1n) is 15.6. The molecule has 0 spiro atoms. The summed E-state index contributed by atoms with van der Waals surface area (Å²) in [5, 5.41) is 3.11. The molecule has 0 atom stereocenters. The molecular formula is C34H43F3N4O4S. The average Bonchev–Trinajstić information content (AvgIpc) is 3.05. The van der Waals surface area contributed by atoms with E-state index in [1.54, 1.807) is 37.3 Å². The number of nitrogens with zero attached hydrogens (tertiary/aromatic N) is 3. The van der Waals surface area contributed by atoms with E-state index in [1.165, 1.54) is 6.07 Å². The highest BCUT2D eigenvalue weighted by molar-refractivity contribution is 7.98. The van der Waals surface area contributed by atoms with Gasteiger partial charge in [0.2, 0.25) is 5.95 Å². The minimum Gasteiger partial charge on any atom is -0.497 e. The topological polar surface area (TPSA) is 85.8 Å².